The lowest BCUT2D eigenvalue weighted by molar-refractivity contribution is -0.118. The molecule has 6 nitrogen and oxygen atoms in total. The first kappa shape index (κ1) is 21.6. The molecule has 0 spiro atoms. The van der Waals surface area contributed by atoms with E-state index in [1.165, 1.54) is 5.56 Å². The molecule has 0 radical (unpaired) electrons. The molecule has 2 aromatic heterocycles. The summed E-state index contributed by atoms with van der Waals surface area (Å²) in [6.45, 7) is 8.06. The summed E-state index contributed by atoms with van der Waals surface area (Å²) in [5, 5.41) is 8.58. The third-order valence-electron chi connectivity index (χ3n) is 5.38. The van der Waals surface area contributed by atoms with Gasteiger partial charge in [-0.15, -0.1) is 0 Å². The first-order valence-corrected chi connectivity index (χ1v) is 10.9. The van der Waals surface area contributed by atoms with Crippen LogP contribution in [0.15, 0.2) is 54.6 Å². The molecule has 164 valence electrons. The van der Waals surface area contributed by atoms with Gasteiger partial charge in [0.2, 0.25) is 0 Å². The van der Waals surface area contributed by atoms with Crippen LogP contribution in [0.5, 0.6) is 5.75 Å². The molecule has 0 bridgehead atoms. The van der Waals surface area contributed by atoms with Crippen molar-refractivity contribution in [3.05, 3.63) is 77.0 Å². The molecule has 0 unspecified atom stereocenters. The van der Waals surface area contributed by atoms with E-state index >= 15 is 0 Å². The van der Waals surface area contributed by atoms with Gasteiger partial charge in [0.1, 0.15) is 11.6 Å². The molecule has 2 aromatic carbocycles. The molecule has 0 aliphatic rings. The van der Waals surface area contributed by atoms with Crippen molar-refractivity contribution in [2.45, 2.75) is 40.5 Å². The Morgan fingerprint density at radius 2 is 1.81 bits per heavy atom. The Bertz CT molecular complexity index is 1260. The molecule has 1 amide bonds. The lowest BCUT2D eigenvalue weighted by atomic mass is 10.1. The lowest BCUT2D eigenvalue weighted by Gasteiger charge is -2.12. The van der Waals surface area contributed by atoms with Gasteiger partial charge < -0.3 is 10.1 Å². The number of anilines is 1. The summed E-state index contributed by atoms with van der Waals surface area (Å²) in [5.41, 5.74) is 5.19. The molecule has 4 rings (SSSR count). The highest BCUT2D eigenvalue weighted by Gasteiger charge is 2.14. The predicted octanol–water partition coefficient (Wildman–Crippen LogP) is 5.32. The number of rotatable bonds is 7. The van der Waals surface area contributed by atoms with Crippen molar-refractivity contribution < 1.29 is 9.53 Å². The van der Waals surface area contributed by atoms with Gasteiger partial charge in [-0.2, -0.15) is 9.78 Å². The summed E-state index contributed by atoms with van der Waals surface area (Å²) >= 11 is 0. The number of carbonyl (C=O) groups excluding carboxylic acids is 1. The summed E-state index contributed by atoms with van der Waals surface area (Å²) in [5.74, 6) is 1.65. The van der Waals surface area contributed by atoms with Crippen LogP contribution in [0.1, 0.15) is 35.7 Å². The van der Waals surface area contributed by atoms with Gasteiger partial charge >= 0.3 is 0 Å². The maximum absolute atomic E-state index is 12.6. The normalized spacial score (nSPS) is 11.0. The Morgan fingerprint density at radius 3 is 2.56 bits per heavy atom. The van der Waals surface area contributed by atoms with Gasteiger partial charge in [-0.1, -0.05) is 43.7 Å². The van der Waals surface area contributed by atoms with Crippen LogP contribution in [0.2, 0.25) is 0 Å². The zero-order chi connectivity index (χ0) is 22.7. The number of para-hydroxylation sites is 1. The number of ether oxygens (including phenoxy) is 1. The number of pyridine rings is 1. The van der Waals surface area contributed by atoms with Gasteiger partial charge in [0.15, 0.2) is 12.4 Å². The number of benzene rings is 2. The summed E-state index contributed by atoms with van der Waals surface area (Å²) in [6.07, 6.45) is 2.13. The first-order valence-electron chi connectivity index (χ1n) is 10.9. The van der Waals surface area contributed by atoms with Crippen molar-refractivity contribution >= 4 is 22.6 Å². The second-order valence-corrected chi connectivity index (χ2v) is 8.08. The second-order valence-electron chi connectivity index (χ2n) is 8.08. The monoisotopic (exact) mass is 428 g/mol. The van der Waals surface area contributed by atoms with E-state index < -0.39 is 0 Å². The standard InChI is InChI=1S/C26H28N4O2/c1-5-7-20-10-12-21(13-11-20)32-16-25(31)27-24-15-19(4)29-30(24)23-14-18(3)22-9-6-8-17(2)26(22)28-23/h6,8-15H,5,7,16H2,1-4H3,(H,27,31). The molecule has 0 saturated carbocycles. The second kappa shape index (κ2) is 9.22. The number of carbonyl (C=O) groups is 1. The van der Waals surface area contributed by atoms with Crippen molar-refractivity contribution in [1.82, 2.24) is 14.8 Å². The van der Waals surface area contributed by atoms with Crippen LogP contribution in [0.3, 0.4) is 0 Å². The Hall–Kier alpha value is -3.67. The van der Waals surface area contributed by atoms with Crippen LogP contribution < -0.4 is 10.1 Å². The van der Waals surface area contributed by atoms with E-state index in [1.54, 1.807) is 4.68 Å². The van der Waals surface area contributed by atoms with Crippen LogP contribution in [0, 0.1) is 20.8 Å². The molecule has 6 heteroatoms. The quantitative estimate of drug-likeness (QED) is 0.433. The highest BCUT2D eigenvalue weighted by atomic mass is 16.5. The number of amides is 1. The maximum atomic E-state index is 12.6. The Morgan fingerprint density at radius 1 is 1.03 bits per heavy atom. The number of hydrogen-bond donors (Lipinski definition) is 1. The molecule has 0 aliphatic heterocycles. The molecule has 0 saturated heterocycles. The van der Waals surface area contributed by atoms with Gasteiger partial charge in [0.05, 0.1) is 11.2 Å². The topological polar surface area (TPSA) is 69.0 Å². The summed E-state index contributed by atoms with van der Waals surface area (Å²) in [6, 6.07) is 17.8. The molecule has 2 heterocycles. The smallest absolute Gasteiger partial charge is 0.263 e. The highest BCUT2D eigenvalue weighted by Crippen LogP contribution is 2.24. The minimum Gasteiger partial charge on any atom is -0.484 e. The fourth-order valence-corrected chi connectivity index (χ4v) is 3.78. The van der Waals surface area contributed by atoms with Crippen LogP contribution in [-0.2, 0) is 11.2 Å². The first-order chi connectivity index (χ1) is 15.4. The maximum Gasteiger partial charge on any atom is 0.263 e. The van der Waals surface area contributed by atoms with Crippen molar-refractivity contribution in [3.63, 3.8) is 0 Å². The van der Waals surface area contributed by atoms with Gasteiger partial charge in [-0.05, 0) is 62.1 Å². The number of hydrogen-bond acceptors (Lipinski definition) is 4. The molecule has 0 fully saturated rings. The average Bonchev–Trinajstić information content (AvgIpc) is 3.14. The molecule has 0 atom stereocenters. The van der Waals surface area contributed by atoms with E-state index in [-0.39, 0.29) is 12.5 Å². The Balaban J connectivity index is 1.52. The van der Waals surface area contributed by atoms with Crippen molar-refractivity contribution in [2.75, 3.05) is 11.9 Å². The minimum absolute atomic E-state index is 0.0827. The highest BCUT2D eigenvalue weighted by molar-refractivity contribution is 5.91. The SMILES string of the molecule is CCCc1ccc(OCC(=O)Nc2cc(C)nn2-c2cc(C)c3cccc(C)c3n2)cc1. The van der Waals surface area contributed by atoms with E-state index in [1.807, 2.05) is 62.4 Å². The van der Waals surface area contributed by atoms with Crippen molar-refractivity contribution in [3.8, 4) is 11.6 Å². The van der Waals surface area contributed by atoms with E-state index in [9.17, 15) is 4.79 Å². The molecule has 1 N–H and O–H groups in total. The number of aryl methyl sites for hydroxylation is 4. The number of aromatic nitrogens is 3. The Kier molecular flexibility index (Phi) is 6.21. The van der Waals surface area contributed by atoms with Crippen LogP contribution in [0.4, 0.5) is 5.82 Å². The number of nitrogens with one attached hydrogen (secondary N) is 1. The molecule has 32 heavy (non-hydrogen) atoms. The largest absolute Gasteiger partial charge is 0.484 e. The van der Waals surface area contributed by atoms with Gasteiger partial charge in [-0.3, -0.25) is 4.79 Å². The van der Waals surface area contributed by atoms with Gasteiger partial charge in [0.25, 0.3) is 5.91 Å². The minimum atomic E-state index is -0.252. The van der Waals surface area contributed by atoms with Gasteiger partial charge in [0, 0.05) is 11.5 Å². The van der Waals surface area contributed by atoms with E-state index in [2.05, 4.69) is 30.3 Å². The third kappa shape index (κ3) is 4.64. The molecular formula is C26H28N4O2. The van der Waals surface area contributed by atoms with E-state index in [0.29, 0.717) is 17.4 Å². The lowest BCUT2D eigenvalue weighted by Crippen LogP contribution is -2.22. The fraction of sp³-hybridized carbons (Fsp3) is 0.269. The van der Waals surface area contributed by atoms with Crippen LogP contribution in [0.25, 0.3) is 16.7 Å². The summed E-state index contributed by atoms with van der Waals surface area (Å²) < 4.78 is 7.33. The molecular weight excluding hydrogens is 400 g/mol. The predicted molar refractivity (Wildman–Crippen MR) is 128 cm³/mol. The Labute approximate surface area is 188 Å². The molecule has 4 aromatic rings. The number of fused-ring (bicyclic) bond motifs is 1. The average molecular weight is 429 g/mol. The summed E-state index contributed by atoms with van der Waals surface area (Å²) in [4.78, 5) is 17.4. The van der Waals surface area contributed by atoms with Crippen LogP contribution >= 0.6 is 0 Å². The van der Waals surface area contributed by atoms with Crippen LogP contribution in [-0.4, -0.2) is 27.3 Å². The zero-order valence-corrected chi connectivity index (χ0v) is 19.0. The van der Waals surface area contributed by atoms with E-state index in [4.69, 9.17) is 9.72 Å². The van der Waals surface area contributed by atoms with Crippen molar-refractivity contribution in [1.29, 1.82) is 0 Å². The summed E-state index contributed by atoms with van der Waals surface area (Å²) in [7, 11) is 0. The number of nitrogens with zero attached hydrogens (tertiary/aromatic N) is 3. The zero-order valence-electron chi connectivity index (χ0n) is 19.0. The van der Waals surface area contributed by atoms with Gasteiger partial charge in [-0.25, -0.2) is 4.98 Å². The fourth-order valence-electron chi connectivity index (χ4n) is 3.78. The van der Waals surface area contributed by atoms with E-state index in [0.717, 1.165) is 40.6 Å². The third-order valence-corrected chi connectivity index (χ3v) is 5.38. The molecule has 0 aliphatic carbocycles. The van der Waals surface area contributed by atoms with Crippen molar-refractivity contribution in [2.24, 2.45) is 0 Å².